The molecule has 2 rings (SSSR count). The van der Waals surface area contributed by atoms with Crippen molar-refractivity contribution in [2.45, 2.75) is 6.54 Å². The molecule has 0 bridgehead atoms. The van der Waals surface area contributed by atoms with E-state index < -0.39 is 0 Å². The van der Waals surface area contributed by atoms with Gasteiger partial charge in [0.25, 0.3) is 0 Å². The molecule has 6 nitrogen and oxygen atoms in total. The fraction of sp³-hybridized carbons (Fsp3) is 0.250. The second-order valence-corrected chi connectivity index (χ2v) is 3.65. The summed E-state index contributed by atoms with van der Waals surface area (Å²) in [5.74, 6) is 1.56. The van der Waals surface area contributed by atoms with Crippen LogP contribution in [0.1, 0.15) is 5.56 Å². The number of nitrogens with zero attached hydrogens (tertiary/aromatic N) is 4. The maximum absolute atomic E-state index is 4.28. The van der Waals surface area contributed by atoms with Crippen molar-refractivity contribution in [2.24, 2.45) is 4.99 Å². The molecule has 0 amide bonds. The van der Waals surface area contributed by atoms with Gasteiger partial charge in [0.1, 0.15) is 0 Å². The zero-order valence-electron chi connectivity index (χ0n) is 10.9. The van der Waals surface area contributed by atoms with Gasteiger partial charge in [-0.25, -0.2) is 9.67 Å². The highest BCUT2D eigenvalue weighted by Gasteiger charge is 2.00. The molecule has 2 heterocycles. The summed E-state index contributed by atoms with van der Waals surface area (Å²) in [4.78, 5) is 8.33. The van der Waals surface area contributed by atoms with Gasteiger partial charge in [-0.05, 0) is 23.8 Å². The Morgan fingerprint density at radius 2 is 2.26 bits per heavy atom. The molecule has 0 unspecified atom stereocenters. The Bertz CT molecular complexity index is 523. The maximum atomic E-state index is 4.28. The molecule has 0 saturated heterocycles. The molecule has 0 aliphatic heterocycles. The van der Waals surface area contributed by atoms with E-state index >= 15 is 0 Å². The highest BCUT2D eigenvalue weighted by molar-refractivity contribution is 14.0. The monoisotopic (exact) mass is 372 g/mol. The van der Waals surface area contributed by atoms with E-state index in [4.69, 9.17) is 0 Å². The third-order valence-electron chi connectivity index (χ3n) is 2.47. The highest BCUT2D eigenvalue weighted by atomic mass is 127. The zero-order chi connectivity index (χ0) is 12.8. The number of rotatable bonds is 3. The van der Waals surface area contributed by atoms with Gasteiger partial charge in [0.2, 0.25) is 0 Å². The Kier molecular flexibility index (Phi) is 6.26. The van der Waals surface area contributed by atoms with E-state index in [2.05, 4.69) is 25.7 Å². The number of hydrogen-bond acceptors (Lipinski definition) is 3. The van der Waals surface area contributed by atoms with Crippen LogP contribution in [-0.2, 0) is 6.54 Å². The van der Waals surface area contributed by atoms with Crippen molar-refractivity contribution >= 4 is 29.9 Å². The minimum atomic E-state index is 0. The Hall–Kier alpha value is -1.64. The number of halogens is 1. The molecule has 0 aliphatic rings. The van der Waals surface area contributed by atoms with Crippen LogP contribution in [0, 0.1) is 0 Å². The minimum absolute atomic E-state index is 0. The largest absolute Gasteiger partial charge is 0.359 e. The summed E-state index contributed by atoms with van der Waals surface area (Å²) in [7, 11) is 3.57. The molecule has 19 heavy (non-hydrogen) atoms. The van der Waals surface area contributed by atoms with E-state index in [0.717, 1.165) is 17.3 Å². The van der Waals surface area contributed by atoms with Crippen LogP contribution in [0.4, 0.5) is 0 Å². The van der Waals surface area contributed by atoms with Crippen LogP contribution in [0.15, 0.2) is 41.8 Å². The summed E-state index contributed by atoms with van der Waals surface area (Å²) < 4.78 is 1.73. The van der Waals surface area contributed by atoms with Crippen molar-refractivity contribution in [3.05, 3.63) is 42.4 Å². The van der Waals surface area contributed by atoms with Gasteiger partial charge < -0.3 is 10.6 Å². The maximum Gasteiger partial charge on any atom is 0.190 e. The van der Waals surface area contributed by atoms with E-state index in [1.165, 1.54) is 0 Å². The predicted octanol–water partition coefficient (Wildman–Crippen LogP) is 1.18. The molecule has 2 aromatic rings. The number of aromatic nitrogens is 3. The lowest BCUT2D eigenvalue weighted by atomic mass is 10.2. The molecule has 0 aromatic carbocycles. The van der Waals surface area contributed by atoms with Gasteiger partial charge in [0.05, 0.1) is 0 Å². The van der Waals surface area contributed by atoms with Gasteiger partial charge in [-0.2, -0.15) is 5.10 Å². The number of pyridine rings is 1. The Balaban J connectivity index is 0.00000180. The molecule has 0 aliphatic carbocycles. The highest BCUT2D eigenvalue weighted by Crippen LogP contribution is 2.05. The number of hydrogen-bond donors (Lipinski definition) is 2. The molecule has 0 atom stereocenters. The SMILES string of the molecule is CN=C(NC)NCc1ccnc(-n2cccn2)c1.I. The Morgan fingerprint density at radius 3 is 2.89 bits per heavy atom. The second-order valence-electron chi connectivity index (χ2n) is 3.65. The standard InChI is InChI=1S/C12H16N6.HI/c1-13-12(14-2)16-9-10-4-6-15-11(8-10)18-7-3-5-17-18;/h3-8H,9H2,1-2H3,(H2,13,14,16);1H. The summed E-state index contributed by atoms with van der Waals surface area (Å²) in [6, 6.07) is 5.82. The average Bonchev–Trinajstić information content (AvgIpc) is 2.94. The van der Waals surface area contributed by atoms with Gasteiger partial charge in [0.15, 0.2) is 11.8 Å². The van der Waals surface area contributed by atoms with Gasteiger partial charge in [-0.3, -0.25) is 4.99 Å². The van der Waals surface area contributed by atoms with Gasteiger partial charge >= 0.3 is 0 Å². The van der Waals surface area contributed by atoms with Crippen LogP contribution in [0.25, 0.3) is 5.82 Å². The summed E-state index contributed by atoms with van der Waals surface area (Å²) in [6.07, 6.45) is 5.37. The second kappa shape index (κ2) is 7.72. The van der Waals surface area contributed by atoms with E-state index in [0.29, 0.717) is 6.54 Å². The molecule has 102 valence electrons. The molecular weight excluding hydrogens is 355 g/mol. The first-order valence-corrected chi connectivity index (χ1v) is 5.67. The molecule has 2 N–H and O–H groups in total. The average molecular weight is 372 g/mol. The lowest BCUT2D eigenvalue weighted by Crippen LogP contribution is -2.34. The van der Waals surface area contributed by atoms with Gasteiger partial charge in [0, 0.05) is 39.2 Å². The topological polar surface area (TPSA) is 67.1 Å². The molecular formula is C12H17IN6. The van der Waals surface area contributed by atoms with Crippen LogP contribution >= 0.6 is 24.0 Å². The molecule has 0 fully saturated rings. The minimum Gasteiger partial charge on any atom is -0.359 e. The first kappa shape index (κ1) is 15.4. The predicted molar refractivity (Wildman–Crippen MR) is 86.0 cm³/mol. The zero-order valence-corrected chi connectivity index (χ0v) is 13.2. The van der Waals surface area contributed by atoms with Crippen molar-refractivity contribution in [1.29, 1.82) is 0 Å². The van der Waals surface area contributed by atoms with Crippen LogP contribution in [0.5, 0.6) is 0 Å². The fourth-order valence-corrected chi connectivity index (χ4v) is 1.57. The lowest BCUT2D eigenvalue weighted by Gasteiger charge is -2.09. The van der Waals surface area contributed by atoms with E-state index in [9.17, 15) is 0 Å². The van der Waals surface area contributed by atoms with E-state index in [1.54, 1.807) is 24.1 Å². The summed E-state index contributed by atoms with van der Waals surface area (Å²) in [6.45, 7) is 0.685. The van der Waals surface area contributed by atoms with E-state index in [1.807, 2.05) is 31.4 Å². The van der Waals surface area contributed by atoms with Crippen LogP contribution in [0.3, 0.4) is 0 Å². The van der Waals surface area contributed by atoms with Crippen LogP contribution < -0.4 is 10.6 Å². The van der Waals surface area contributed by atoms with Crippen LogP contribution in [-0.4, -0.2) is 34.8 Å². The summed E-state index contributed by atoms with van der Waals surface area (Å²) >= 11 is 0. The van der Waals surface area contributed by atoms with Gasteiger partial charge in [-0.15, -0.1) is 24.0 Å². The Morgan fingerprint density at radius 1 is 1.42 bits per heavy atom. The molecule has 7 heteroatoms. The number of aliphatic imine (C=N–C) groups is 1. The third-order valence-corrected chi connectivity index (χ3v) is 2.47. The molecule has 0 saturated carbocycles. The lowest BCUT2D eigenvalue weighted by molar-refractivity contribution is 0.827. The summed E-state index contributed by atoms with van der Waals surface area (Å²) in [5.41, 5.74) is 1.12. The first-order valence-electron chi connectivity index (χ1n) is 5.67. The van der Waals surface area contributed by atoms with Gasteiger partial charge in [-0.1, -0.05) is 0 Å². The normalized spacial score (nSPS) is 10.7. The number of guanidine groups is 1. The molecule has 0 radical (unpaired) electrons. The van der Waals surface area contributed by atoms with Crippen molar-refractivity contribution in [1.82, 2.24) is 25.4 Å². The molecule has 0 spiro atoms. The first-order chi connectivity index (χ1) is 8.83. The van der Waals surface area contributed by atoms with Crippen molar-refractivity contribution in [3.63, 3.8) is 0 Å². The van der Waals surface area contributed by atoms with Crippen molar-refractivity contribution < 1.29 is 0 Å². The molecule has 2 aromatic heterocycles. The van der Waals surface area contributed by atoms with E-state index in [-0.39, 0.29) is 24.0 Å². The van der Waals surface area contributed by atoms with Crippen LogP contribution in [0.2, 0.25) is 0 Å². The third kappa shape index (κ3) is 4.19. The summed E-state index contributed by atoms with van der Waals surface area (Å²) in [5, 5.41) is 10.3. The number of nitrogens with one attached hydrogen (secondary N) is 2. The quantitative estimate of drug-likeness (QED) is 0.483. The Labute approximate surface area is 129 Å². The van der Waals surface area contributed by atoms with Crippen molar-refractivity contribution in [2.75, 3.05) is 14.1 Å². The van der Waals surface area contributed by atoms with Crippen molar-refractivity contribution in [3.8, 4) is 5.82 Å². The fourth-order valence-electron chi connectivity index (χ4n) is 1.57. The smallest absolute Gasteiger partial charge is 0.190 e.